The lowest BCUT2D eigenvalue weighted by atomic mass is 9.94. The maximum absolute atomic E-state index is 12.3. The molecule has 2 aromatic heterocycles. The second kappa shape index (κ2) is 7.68. The third-order valence-electron chi connectivity index (χ3n) is 5.11. The van der Waals surface area contributed by atoms with Gasteiger partial charge in [0.05, 0.1) is 0 Å². The Labute approximate surface area is 149 Å². The highest BCUT2D eigenvalue weighted by Gasteiger charge is 2.21. The molecule has 1 fully saturated rings. The van der Waals surface area contributed by atoms with E-state index in [2.05, 4.69) is 27.3 Å². The second-order valence-electron chi connectivity index (χ2n) is 6.87. The van der Waals surface area contributed by atoms with E-state index < -0.39 is 0 Å². The summed E-state index contributed by atoms with van der Waals surface area (Å²) in [4.78, 5) is 19.2. The van der Waals surface area contributed by atoms with Crippen LogP contribution in [0.3, 0.4) is 0 Å². The number of hydrogen-bond donors (Lipinski definition) is 1. The normalized spacial score (nSPS) is 15.2. The zero-order valence-electron chi connectivity index (χ0n) is 15.3. The Bertz CT molecular complexity index is 714. The molecule has 1 aliphatic carbocycles. The van der Waals surface area contributed by atoms with Gasteiger partial charge < -0.3 is 10.2 Å². The Morgan fingerprint density at radius 2 is 2.12 bits per heavy atom. The molecule has 3 rings (SSSR count). The smallest absolute Gasteiger partial charge is 0.272 e. The number of hydrogen-bond acceptors (Lipinski definition) is 4. The van der Waals surface area contributed by atoms with Gasteiger partial charge in [-0.3, -0.25) is 9.48 Å². The van der Waals surface area contributed by atoms with Crippen molar-refractivity contribution in [2.75, 3.05) is 11.9 Å². The molecule has 0 aromatic carbocycles. The van der Waals surface area contributed by atoms with Crippen molar-refractivity contribution in [2.24, 2.45) is 7.05 Å². The highest BCUT2D eigenvalue weighted by atomic mass is 16.1. The molecular weight excluding hydrogens is 314 g/mol. The summed E-state index contributed by atoms with van der Waals surface area (Å²) in [5.41, 5.74) is 2.45. The van der Waals surface area contributed by atoms with Crippen LogP contribution in [0.4, 0.5) is 5.82 Å². The van der Waals surface area contributed by atoms with Gasteiger partial charge in [-0.15, -0.1) is 0 Å². The fraction of sp³-hybridized carbons (Fsp3) is 0.526. The van der Waals surface area contributed by atoms with Crippen LogP contribution in [-0.4, -0.2) is 33.8 Å². The highest BCUT2D eigenvalue weighted by molar-refractivity contribution is 5.92. The Balaban J connectivity index is 1.69. The van der Waals surface area contributed by atoms with Crippen molar-refractivity contribution in [3.8, 4) is 0 Å². The number of carbonyl (C=O) groups is 1. The minimum Gasteiger partial charge on any atom is -0.356 e. The minimum atomic E-state index is -0.154. The summed E-state index contributed by atoms with van der Waals surface area (Å²) in [5, 5.41) is 7.20. The number of anilines is 1. The van der Waals surface area contributed by atoms with E-state index in [0.29, 0.717) is 18.3 Å². The first-order valence-electron chi connectivity index (χ1n) is 9.02. The molecule has 1 N–H and O–H groups in total. The molecular formula is C19H27N5O. The van der Waals surface area contributed by atoms with Gasteiger partial charge in [0.15, 0.2) is 0 Å². The number of pyridine rings is 1. The third-order valence-corrected chi connectivity index (χ3v) is 5.11. The van der Waals surface area contributed by atoms with E-state index in [0.717, 1.165) is 17.1 Å². The van der Waals surface area contributed by atoms with Crippen molar-refractivity contribution in [3.05, 3.63) is 41.3 Å². The first kappa shape index (κ1) is 17.5. The lowest BCUT2D eigenvalue weighted by Gasteiger charge is -2.33. The van der Waals surface area contributed by atoms with Crippen LogP contribution in [-0.2, 0) is 13.6 Å². The molecule has 1 amide bonds. The van der Waals surface area contributed by atoms with Gasteiger partial charge in [0.1, 0.15) is 11.5 Å². The Hall–Kier alpha value is -2.37. The van der Waals surface area contributed by atoms with Gasteiger partial charge in [-0.2, -0.15) is 5.10 Å². The van der Waals surface area contributed by atoms with Crippen LogP contribution in [0.15, 0.2) is 24.4 Å². The Morgan fingerprint density at radius 3 is 2.80 bits per heavy atom. The van der Waals surface area contributed by atoms with Gasteiger partial charge in [-0.05, 0) is 31.9 Å². The number of aromatic nitrogens is 3. The first-order valence-corrected chi connectivity index (χ1v) is 9.02. The molecule has 6 heteroatoms. The molecule has 2 aromatic rings. The van der Waals surface area contributed by atoms with Gasteiger partial charge in [0, 0.05) is 44.1 Å². The number of nitrogens with one attached hydrogen (secondary N) is 1. The third kappa shape index (κ3) is 4.00. The predicted molar refractivity (Wildman–Crippen MR) is 98.6 cm³/mol. The van der Waals surface area contributed by atoms with Crippen molar-refractivity contribution in [1.29, 1.82) is 0 Å². The van der Waals surface area contributed by atoms with E-state index in [-0.39, 0.29) is 5.91 Å². The quantitative estimate of drug-likeness (QED) is 0.908. The van der Waals surface area contributed by atoms with Gasteiger partial charge in [-0.1, -0.05) is 25.3 Å². The van der Waals surface area contributed by atoms with E-state index >= 15 is 0 Å². The summed E-state index contributed by atoms with van der Waals surface area (Å²) >= 11 is 0. The monoisotopic (exact) mass is 341 g/mol. The summed E-state index contributed by atoms with van der Waals surface area (Å²) in [5.74, 6) is 0.811. The topological polar surface area (TPSA) is 63.1 Å². The van der Waals surface area contributed by atoms with E-state index in [9.17, 15) is 4.79 Å². The highest BCUT2D eigenvalue weighted by Crippen LogP contribution is 2.26. The predicted octanol–water partition coefficient (Wildman–Crippen LogP) is 2.82. The van der Waals surface area contributed by atoms with E-state index in [1.54, 1.807) is 10.7 Å². The molecule has 0 aliphatic heterocycles. The van der Waals surface area contributed by atoms with Crippen molar-refractivity contribution >= 4 is 11.7 Å². The number of nitrogens with zero attached hydrogens (tertiary/aromatic N) is 4. The van der Waals surface area contributed by atoms with Crippen molar-refractivity contribution in [1.82, 2.24) is 20.1 Å². The van der Waals surface area contributed by atoms with Gasteiger partial charge >= 0.3 is 0 Å². The van der Waals surface area contributed by atoms with Gasteiger partial charge in [0.25, 0.3) is 5.91 Å². The van der Waals surface area contributed by atoms with Crippen molar-refractivity contribution in [2.45, 2.75) is 51.6 Å². The molecule has 134 valence electrons. The lowest BCUT2D eigenvalue weighted by molar-refractivity contribution is 0.0945. The fourth-order valence-electron chi connectivity index (χ4n) is 3.46. The number of carbonyl (C=O) groups excluding carboxylic acids is 1. The molecule has 0 atom stereocenters. The number of rotatable bonds is 5. The van der Waals surface area contributed by atoms with Crippen LogP contribution >= 0.6 is 0 Å². The molecule has 25 heavy (non-hydrogen) atoms. The van der Waals surface area contributed by atoms with Crippen LogP contribution in [0.25, 0.3) is 0 Å². The van der Waals surface area contributed by atoms with Crippen molar-refractivity contribution < 1.29 is 4.79 Å². The molecule has 0 spiro atoms. The summed E-state index contributed by atoms with van der Waals surface area (Å²) < 4.78 is 1.71. The Kier molecular flexibility index (Phi) is 5.36. The zero-order valence-corrected chi connectivity index (χ0v) is 15.3. The Morgan fingerprint density at radius 1 is 1.36 bits per heavy atom. The number of aryl methyl sites for hydroxylation is 2. The van der Waals surface area contributed by atoms with Gasteiger partial charge in [0.2, 0.25) is 0 Å². The minimum absolute atomic E-state index is 0.154. The average molecular weight is 341 g/mol. The summed E-state index contributed by atoms with van der Waals surface area (Å²) in [6.45, 7) is 2.39. The van der Waals surface area contributed by atoms with Crippen LogP contribution in [0, 0.1) is 6.92 Å². The first-order chi connectivity index (χ1) is 12.1. The zero-order chi connectivity index (χ0) is 17.8. The van der Waals surface area contributed by atoms with Crippen LogP contribution in [0.2, 0.25) is 0 Å². The fourth-order valence-corrected chi connectivity index (χ4v) is 3.46. The van der Waals surface area contributed by atoms with E-state index in [1.807, 2.05) is 32.3 Å². The summed E-state index contributed by atoms with van der Waals surface area (Å²) in [6, 6.07) is 6.29. The maximum atomic E-state index is 12.3. The lowest BCUT2D eigenvalue weighted by Crippen LogP contribution is -2.35. The standard InChI is InChI=1S/C19H27N5O/c1-14-12-17(22-24(14)3)19(25)21-13-15-8-7-11-20-18(15)23(2)16-9-5-4-6-10-16/h7-8,11-12,16H,4-6,9-10,13H2,1-3H3,(H,21,25). The molecule has 6 nitrogen and oxygen atoms in total. The molecule has 0 saturated heterocycles. The summed E-state index contributed by atoms with van der Waals surface area (Å²) in [7, 11) is 3.95. The van der Waals surface area contributed by atoms with E-state index in [1.165, 1.54) is 32.1 Å². The molecule has 1 saturated carbocycles. The summed E-state index contributed by atoms with van der Waals surface area (Å²) in [6.07, 6.45) is 8.15. The average Bonchev–Trinajstić information content (AvgIpc) is 2.99. The largest absolute Gasteiger partial charge is 0.356 e. The van der Waals surface area contributed by atoms with Crippen LogP contribution in [0.5, 0.6) is 0 Å². The van der Waals surface area contributed by atoms with Crippen LogP contribution < -0.4 is 10.2 Å². The van der Waals surface area contributed by atoms with Crippen molar-refractivity contribution in [3.63, 3.8) is 0 Å². The maximum Gasteiger partial charge on any atom is 0.272 e. The van der Waals surface area contributed by atoms with Crippen LogP contribution in [0.1, 0.15) is 53.8 Å². The van der Waals surface area contributed by atoms with E-state index in [4.69, 9.17) is 0 Å². The number of amides is 1. The SMILES string of the molecule is Cc1cc(C(=O)NCc2cccnc2N(C)C2CCCCC2)nn1C. The molecule has 2 heterocycles. The van der Waals surface area contributed by atoms with Gasteiger partial charge in [-0.25, -0.2) is 4.98 Å². The second-order valence-corrected chi connectivity index (χ2v) is 6.87. The molecule has 1 aliphatic rings. The molecule has 0 unspecified atom stereocenters. The molecule has 0 bridgehead atoms. The molecule has 0 radical (unpaired) electrons.